The summed E-state index contributed by atoms with van der Waals surface area (Å²) in [4.78, 5) is 38.1. The van der Waals surface area contributed by atoms with E-state index in [0.29, 0.717) is 19.3 Å². The highest BCUT2D eigenvalue weighted by molar-refractivity contribution is 5.71. The summed E-state index contributed by atoms with van der Waals surface area (Å²) >= 11 is 0. The van der Waals surface area contributed by atoms with Gasteiger partial charge in [0.25, 0.3) is 0 Å². The molecule has 0 bridgehead atoms. The van der Waals surface area contributed by atoms with Crippen molar-refractivity contribution in [2.45, 2.75) is 271 Å². The Hall–Kier alpha value is -3.15. The smallest absolute Gasteiger partial charge is 0.306 e. The van der Waals surface area contributed by atoms with Gasteiger partial charge in [0.05, 0.1) is 0 Å². The summed E-state index contributed by atoms with van der Waals surface area (Å²) in [5.41, 5.74) is 0. The lowest BCUT2D eigenvalue weighted by Crippen LogP contribution is -2.30. The Morgan fingerprint density at radius 1 is 0.323 bits per heavy atom. The van der Waals surface area contributed by atoms with Crippen LogP contribution in [-0.2, 0) is 28.6 Å². The van der Waals surface area contributed by atoms with Crippen LogP contribution in [0.2, 0.25) is 0 Å². The van der Waals surface area contributed by atoms with Gasteiger partial charge in [-0.1, -0.05) is 209 Å². The van der Waals surface area contributed by atoms with Crippen LogP contribution in [0.25, 0.3) is 0 Å². The predicted molar refractivity (Wildman–Crippen MR) is 279 cm³/mol. The van der Waals surface area contributed by atoms with E-state index in [4.69, 9.17) is 14.2 Å². The molecule has 0 radical (unpaired) electrons. The van der Waals surface area contributed by atoms with E-state index >= 15 is 0 Å². The van der Waals surface area contributed by atoms with Crippen molar-refractivity contribution in [3.8, 4) is 0 Å². The first-order valence-corrected chi connectivity index (χ1v) is 27.4. The molecule has 0 rings (SSSR count). The molecular formula is C59H102O6. The molecule has 0 heterocycles. The Balaban J connectivity index is 4.43. The lowest BCUT2D eigenvalue weighted by Gasteiger charge is -2.18. The van der Waals surface area contributed by atoms with E-state index < -0.39 is 6.10 Å². The number of allylic oxidation sites excluding steroid dienone is 12. The van der Waals surface area contributed by atoms with Gasteiger partial charge in [-0.05, 0) is 109 Å². The van der Waals surface area contributed by atoms with Gasteiger partial charge in [-0.2, -0.15) is 0 Å². The number of carbonyl (C=O) groups is 3. The molecule has 0 aliphatic heterocycles. The van der Waals surface area contributed by atoms with E-state index in [9.17, 15) is 14.4 Å². The molecule has 0 aromatic carbocycles. The Labute approximate surface area is 402 Å². The monoisotopic (exact) mass is 907 g/mol. The zero-order chi connectivity index (χ0) is 47.2. The van der Waals surface area contributed by atoms with Crippen LogP contribution in [-0.4, -0.2) is 37.2 Å². The summed E-state index contributed by atoms with van der Waals surface area (Å²) < 4.78 is 16.8. The van der Waals surface area contributed by atoms with E-state index in [1.807, 2.05) is 0 Å². The first kappa shape index (κ1) is 61.9. The fourth-order valence-corrected chi connectivity index (χ4v) is 7.54. The minimum absolute atomic E-state index is 0.0891. The predicted octanol–water partition coefficient (Wildman–Crippen LogP) is 18.2. The van der Waals surface area contributed by atoms with Gasteiger partial charge in [-0.15, -0.1) is 0 Å². The number of esters is 3. The molecule has 0 aromatic rings. The number of hydrogen-bond acceptors (Lipinski definition) is 6. The van der Waals surface area contributed by atoms with Gasteiger partial charge in [-0.3, -0.25) is 14.4 Å². The van der Waals surface area contributed by atoms with Crippen LogP contribution in [0.5, 0.6) is 0 Å². The van der Waals surface area contributed by atoms with Crippen LogP contribution in [0.3, 0.4) is 0 Å². The normalized spacial score (nSPS) is 12.6. The highest BCUT2D eigenvalue weighted by atomic mass is 16.6. The summed E-state index contributed by atoms with van der Waals surface area (Å²) in [5.74, 6) is -0.921. The molecular weight excluding hydrogens is 805 g/mol. The van der Waals surface area contributed by atoms with E-state index in [1.54, 1.807) is 0 Å². The molecule has 0 aliphatic carbocycles. The van der Waals surface area contributed by atoms with Gasteiger partial charge >= 0.3 is 17.9 Å². The maximum Gasteiger partial charge on any atom is 0.306 e. The third-order valence-electron chi connectivity index (χ3n) is 11.7. The fraction of sp³-hybridized carbons (Fsp3) is 0.746. The second-order valence-electron chi connectivity index (χ2n) is 18.1. The summed E-state index contributed by atoms with van der Waals surface area (Å²) in [5, 5.41) is 0. The first-order valence-electron chi connectivity index (χ1n) is 27.4. The maximum atomic E-state index is 12.8. The molecule has 0 aliphatic rings. The fourth-order valence-electron chi connectivity index (χ4n) is 7.54. The van der Waals surface area contributed by atoms with E-state index in [-0.39, 0.29) is 31.1 Å². The Bertz CT molecular complexity index is 1230. The van der Waals surface area contributed by atoms with Crippen LogP contribution in [0.4, 0.5) is 0 Å². The molecule has 0 saturated heterocycles. The Morgan fingerprint density at radius 3 is 0.969 bits per heavy atom. The van der Waals surface area contributed by atoms with Crippen LogP contribution < -0.4 is 0 Å². The minimum Gasteiger partial charge on any atom is -0.462 e. The van der Waals surface area contributed by atoms with E-state index in [1.165, 1.54) is 122 Å². The van der Waals surface area contributed by atoms with Crippen molar-refractivity contribution in [1.29, 1.82) is 0 Å². The Kier molecular flexibility index (Phi) is 50.9. The van der Waals surface area contributed by atoms with Crippen LogP contribution in [0, 0.1) is 0 Å². The molecule has 0 saturated carbocycles. The van der Waals surface area contributed by atoms with Crippen molar-refractivity contribution in [2.75, 3.05) is 13.2 Å². The quantitative estimate of drug-likeness (QED) is 0.0262. The van der Waals surface area contributed by atoms with E-state index in [2.05, 4.69) is 93.7 Å². The van der Waals surface area contributed by atoms with Crippen molar-refractivity contribution < 1.29 is 28.6 Å². The van der Waals surface area contributed by atoms with Crippen molar-refractivity contribution >= 4 is 17.9 Å². The van der Waals surface area contributed by atoms with Crippen molar-refractivity contribution in [3.63, 3.8) is 0 Å². The lowest BCUT2D eigenvalue weighted by atomic mass is 10.1. The number of carbonyl (C=O) groups excluding carboxylic acids is 3. The van der Waals surface area contributed by atoms with Crippen LogP contribution >= 0.6 is 0 Å². The Morgan fingerprint density at radius 2 is 0.600 bits per heavy atom. The molecule has 65 heavy (non-hydrogen) atoms. The lowest BCUT2D eigenvalue weighted by molar-refractivity contribution is -0.167. The molecule has 0 fully saturated rings. The van der Waals surface area contributed by atoms with Gasteiger partial charge in [-0.25, -0.2) is 0 Å². The molecule has 6 nitrogen and oxygen atoms in total. The molecule has 6 heteroatoms. The summed E-state index contributed by atoms with van der Waals surface area (Å²) in [6.45, 7) is 6.48. The average molecular weight is 907 g/mol. The second kappa shape index (κ2) is 53.5. The van der Waals surface area contributed by atoms with Gasteiger partial charge < -0.3 is 14.2 Å². The zero-order valence-electron chi connectivity index (χ0n) is 42.7. The van der Waals surface area contributed by atoms with Crippen molar-refractivity contribution in [3.05, 3.63) is 72.9 Å². The third-order valence-corrected chi connectivity index (χ3v) is 11.7. The van der Waals surface area contributed by atoms with E-state index in [0.717, 1.165) is 103 Å². The molecule has 1 atom stereocenters. The summed E-state index contributed by atoms with van der Waals surface area (Å²) in [7, 11) is 0. The molecule has 374 valence electrons. The molecule has 0 N–H and O–H groups in total. The minimum atomic E-state index is -0.791. The summed E-state index contributed by atoms with van der Waals surface area (Å²) in [6.07, 6.45) is 67.4. The maximum absolute atomic E-state index is 12.8. The molecule has 0 unspecified atom stereocenters. The first-order chi connectivity index (χ1) is 32.0. The highest BCUT2D eigenvalue weighted by Gasteiger charge is 2.19. The molecule has 0 aromatic heterocycles. The SMILES string of the molecule is CC/C=C\C/C=C\C/C=C\C/C=C\CCCCCCC(=O)OC[C@H](COC(=O)CCCCCCC/C=C\CCCCCC)OC(=O)CCCCCCCCC/C=C\CCCCCCCC. The summed E-state index contributed by atoms with van der Waals surface area (Å²) in [6, 6.07) is 0. The van der Waals surface area contributed by atoms with Gasteiger partial charge in [0, 0.05) is 19.3 Å². The van der Waals surface area contributed by atoms with Crippen molar-refractivity contribution in [1.82, 2.24) is 0 Å². The van der Waals surface area contributed by atoms with Gasteiger partial charge in [0.2, 0.25) is 0 Å². The standard InChI is InChI=1S/C59H102O6/c1-4-7-10-13-16-19-22-25-27-29-31-34-37-40-43-46-49-52-58(61)64-55-56(54-63-57(60)51-48-45-42-39-36-33-24-21-18-15-12-9-6-3)65-59(62)53-50-47-44-41-38-35-32-30-28-26-23-20-17-14-11-8-5-2/h7,10,16,19,21,24-28,31,34,56H,4-6,8-9,11-15,17-18,20,22-23,29-30,32-33,35-55H2,1-3H3/b10-7-,19-16-,24-21-,27-25-,28-26-,34-31-/t56-/m0/s1. The van der Waals surface area contributed by atoms with Crippen LogP contribution in [0.15, 0.2) is 72.9 Å². The van der Waals surface area contributed by atoms with Gasteiger partial charge in [0.15, 0.2) is 6.10 Å². The second-order valence-corrected chi connectivity index (χ2v) is 18.1. The zero-order valence-corrected chi connectivity index (χ0v) is 42.7. The molecule has 0 spiro atoms. The largest absolute Gasteiger partial charge is 0.462 e. The van der Waals surface area contributed by atoms with Crippen molar-refractivity contribution in [2.24, 2.45) is 0 Å². The van der Waals surface area contributed by atoms with Gasteiger partial charge in [0.1, 0.15) is 13.2 Å². The number of rotatable bonds is 49. The number of unbranched alkanes of at least 4 members (excludes halogenated alkanes) is 26. The number of ether oxygens (including phenoxy) is 3. The number of hydrogen-bond donors (Lipinski definition) is 0. The average Bonchev–Trinajstić information content (AvgIpc) is 3.30. The topological polar surface area (TPSA) is 78.9 Å². The highest BCUT2D eigenvalue weighted by Crippen LogP contribution is 2.14. The van der Waals surface area contributed by atoms with Crippen LogP contribution in [0.1, 0.15) is 265 Å². The third kappa shape index (κ3) is 51.7. The molecule has 0 amide bonds.